The number of methoxy groups -OCH3 is 1. The Balaban J connectivity index is 1.58. The number of carbonyl (C=O) groups excluding carboxylic acids is 2. The van der Waals surface area contributed by atoms with Crippen molar-refractivity contribution in [3.05, 3.63) is 51.4 Å². The van der Waals surface area contributed by atoms with Crippen molar-refractivity contribution in [2.75, 3.05) is 19.0 Å². The third kappa shape index (κ3) is 4.77. The topological polar surface area (TPSA) is 88.4 Å². The number of amides is 1. The third-order valence-electron chi connectivity index (χ3n) is 4.62. The summed E-state index contributed by atoms with van der Waals surface area (Å²) in [4.78, 5) is 25.5. The van der Waals surface area contributed by atoms with Gasteiger partial charge in [0.05, 0.1) is 17.7 Å². The van der Waals surface area contributed by atoms with E-state index in [9.17, 15) is 14.9 Å². The molecule has 1 N–H and O–H groups in total. The van der Waals surface area contributed by atoms with Gasteiger partial charge in [-0.15, -0.1) is 11.3 Å². The Morgan fingerprint density at radius 2 is 1.93 bits per heavy atom. The average Bonchev–Trinajstić information content (AvgIpc) is 2.86. The van der Waals surface area contributed by atoms with Crippen molar-refractivity contribution in [1.82, 2.24) is 0 Å². The smallest absolute Gasteiger partial charge is 0.338 e. The van der Waals surface area contributed by atoms with Gasteiger partial charge in [-0.3, -0.25) is 4.79 Å². The van der Waals surface area contributed by atoms with Crippen LogP contribution in [0.4, 0.5) is 5.00 Å². The summed E-state index contributed by atoms with van der Waals surface area (Å²) in [6, 6.07) is 9.05. The first-order valence-corrected chi connectivity index (χ1v) is 10.0. The van der Waals surface area contributed by atoms with Gasteiger partial charge < -0.3 is 14.8 Å². The van der Waals surface area contributed by atoms with Crippen LogP contribution in [0.15, 0.2) is 24.3 Å². The maximum absolute atomic E-state index is 12.2. The highest BCUT2D eigenvalue weighted by Gasteiger charge is 2.21. The summed E-state index contributed by atoms with van der Waals surface area (Å²) in [5.74, 6) is -1.01. The molecule has 0 fully saturated rings. The van der Waals surface area contributed by atoms with Crippen LogP contribution in [0.2, 0.25) is 0 Å². The minimum Gasteiger partial charge on any atom is -0.452 e. The summed E-state index contributed by atoms with van der Waals surface area (Å²) in [7, 11) is 1.60. The Hall–Kier alpha value is -2.69. The highest BCUT2D eigenvalue weighted by Crippen LogP contribution is 2.36. The number of nitrogens with zero attached hydrogens (tertiary/aromatic N) is 1. The first-order chi connectivity index (χ1) is 13.6. The van der Waals surface area contributed by atoms with E-state index in [1.54, 1.807) is 31.4 Å². The fourth-order valence-electron chi connectivity index (χ4n) is 3.23. The fourth-order valence-corrected chi connectivity index (χ4v) is 4.49. The first kappa shape index (κ1) is 20.1. The van der Waals surface area contributed by atoms with Gasteiger partial charge in [0.2, 0.25) is 0 Å². The van der Waals surface area contributed by atoms with Crippen LogP contribution in [0, 0.1) is 11.3 Å². The Bertz CT molecular complexity index is 896. The number of nitriles is 1. The normalized spacial score (nSPS) is 13.1. The van der Waals surface area contributed by atoms with Gasteiger partial charge in [-0.2, -0.15) is 5.26 Å². The SMILES string of the molecule is COCc1ccc(C(=O)OCC(=O)Nc2sc3c(c2C#N)CCCCC3)cc1. The van der Waals surface area contributed by atoms with Crippen LogP contribution in [-0.4, -0.2) is 25.6 Å². The molecule has 3 rings (SSSR count). The number of carbonyl (C=O) groups is 2. The maximum atomic E-state index is 12.2. The summed E-state index contributed by atoms with van der Waals surface area (Å²) in [5.41, 5.74) is 2.93. The number of fused-ring (bicyclic) bond motifs is 1. The predicted octanol–water partition coefficient (Wildman–Crippen LogP) is 3.83. The van der Waals surface area contributed by atoms with Crippen LogP contribution in [0.5, 0.6) is 0 Å². The Kier molecular flexibility index (Phi) is 6.80. The molecule has 0 saturated carbocycles. The third-order valence-corrected chi connectivity index (χ3v) is 5.83. The van der Waals surface area contributed by atoms with Gasteiger partial charge >= 0.3 is 5.97 Å². The van der Waals surface area contributed by atoms with Crippen molar-refractivity contribution >= 4 is 28.2 Å². The number of ether oxygens (including phenoxy) is 2. The van der Waals surface area contributed by atoms with Gasteiger partial charge in [-0.05, 0) is 48.9 Å². The zero-order chi connectivity index (χ0) is 19.9. The molecule has 0 atom stereocenters. The van der Waals surface area contributed by atoms with Crippen molar-refractivity contribution in [3.8, 4) is 6.07 Å². The van der Waals surface area contributed by atoms with Crippen LogP contribution >= 0.6 is 11.3 Å². The first-order valence-electron chi connectivity index (χ1n) is 9.22. The molecule has 2 aromatic rings. The van der Waals surface area contributed by atoms with Gasteiger partial charge in [-0.25, -0.2) is 4.79 Å². The van der Waals surface area contributed by atoms with E-state index in [4.69, 9.17) is 9.47 Å². The van der Waals surface area contributed by atoms with E-state index in [0.717, 1.165) is 43.2 Å². The predicted molar refractivity (Wildman–Crippen MR) is 106 cm³/mol. The highest BCUT2D eigenvalue weighted by molar-refractivity contribution is 7.16. The molecule has 1 aromatic carbocycles. The zero-order valence-electron chi connectivity index (χ0n) is 15.7. The van der Waals surface area contributed by atoms with E-state index < -0.39 is 18.5 Å². The number of hydrogen-bond donors (Lipinski definition) is 1. The maximum Gasteiger partial charge on any atom is 0.338 e. The lowest BCUT2D eigenvalue weighted by Crippen LogP contribution is -2.21. The van der Waals surface area contributed by atoms with Gasteiger partial charge in [-0.1, -0.05) is 18.6 Å². The van der Waals surface area contributed by atoms with E-state index in [0.29, 0.717) is 22.7 Å². The highest BCUT2D eigenvalue weighted by atomic mass is 32.1. The van der Waals surface area contributed by atoms with E-state index >= 15 is 0 Å². The molecule has 0 spiro atoms. The summed E-state index contributed by atoms with van der Waals surface area (Å²) in [6.45, 7) is 0.0653. The lowest BCUT2D eigenvalue weighted by atomic mass is 10.1. The van der Waals surface area contributed by atoms with E-state index in [1.807, 2.05) is 0 Å². The Morgan fingerprint density at radius 1 is 1.18 bits per heavy atom. The molecule has 7 heteroatoms. The molecule has 6 nitrogen and oxygen atoms in total. The fraction of sp³-hybridized carbons (Fsp3) is 0.381. The van der Waals surface area contributed by atoms with Crippen molar-refractivity contribution in [2.45, 2.75) is 38.7 Å². The van der Waals surface area contributed by atoms with E-state index in [1.165, 1.54) is 16.2 Å². The number of nitrogens with one attached hydrogen (secondary N) is 1. The molecular formula is C21H22N2O4S. The molecule has 28 heavy (non-hydrogen) atoms. The minimum absolute atomic E-state index is 0.369. The summed E-state index contributed by atoms with van der Waals surface area (Å²) in [5, 5.41) is 12.8. The van der Waals surface area contributed by atoms with Crippen LogP contribution in [0.25, 0.3) is 0 Å². The van der Waals surface area contributed by atoms with Crippen molar-refractivity contribution in [1.29, 1.82) is 5.26 Å². The summed E-state index contributed by atoms with van der Waals surface area (Å²) >= 11 is 1.46. The molecule has 0 radical (unpaired) electrons. The zero-order valence-corrected chi connectivity index (χ0v) is 16.6. The van der Waals surface area contributed by atoms with Gasteiger partial charge in [0.1, 0.15) is 11.1 Å². The Labute approximate surface area is 168 Å². The number of anilines is 1. The van der Waals surface area contributed by atoms with Crippen LogP contribution in [0.3, 0.4) is 0 Å². The van der Waals surface area contributed by atoms with Crippen LogP contribution < -0.4 is 5.32 Å². The van der Waals surface area contributed by atoms with Gasteiger partial charge in [0.25, 0.3) is 5.91 Å². The second kappa shape index (κ2) is 9.49. The molecule has 1 aliphatic carbocycles. The number of aryl methyl sites for hydroxylation is 1. The quantitative estimate of drug-likeness (QED) is 0.590. The molecule has 1 amide bonds. The largest absolute Gasteiger partial charge is 0.452 e. The molecule has 0 bridgehead atoms. The molecular weight excluding hydrogens is 376 g/mol. The number of thiophene rings is 1. The van der Waals surface area contributed by atoms with E-state index in [2.05, 4.69) is 11.4 Å². The molecule has 146 valence electrons. The molecule has 0 unspecified atom stereocenters. The molecule has 1 aliphatic rings. The molecule has 0 saturated heterocycles. The number of hydrogen-bond acceptors (Lipinski definition) is 6. The number of rotatable bonds is 6. The molecule has 0 aliphatic heterocycles. The number of benzene rings is 1. The van der Waals surface area contributed by atoms with Crippen LogP contribution in [-0.2, 0) is 33.7 Å². The van der Waals surface area contributed by atoms with E-state index in [-0.39, 0.29) is 0 Å². The van der Waals surface area contributed by atoms with Gasteiger partial charge in [0.15, 0.2) is 6.61 Å². The summed E-state index contributed by atoms with van der Waals surface area (Å²) in [6.07, 6.45) is 5.15. The van der Waals surface area contributed by atoms with Crippen LogP contribution in [0.1, 0.15) is 51.2 Å². The molecule has 1 aromatic heterocycles. The van der Waals surface area contributed by atoms with Gasteiger partial charge in [0, 0.05) is 12.0 Å². The second-order valence-electron chi connectivity index (χ2n) is 6.63. The second-order valence-corrected chi connectivity index (χ2v) is 7.74. The van der Waals surface area contributed by atoms with Crippen molar-refractivity contribution in [3.63, 3.8) is 0 Å². The monoisotopic (exact) mass is 398 g/mol. The van der Waals surface area contributed by atoms with Crippen molar-refractivity contribution < 1.29 is 19.1 Å². The standard InChI is InChI=1S/C21H22N2O4S/c1-26-12-14-7-9-15(10-8-14)21(25)27-13-19(24)23-20-17(11-22)16-5-3-2-4-6-18(16)28-20/h7-10H,2-6,12-13H2,1H3,(H,23,24). The Morgan fingerprint density at radius 3 is 2.64 bits per heavy atom. The molecule has 1 heterocycles. The lowest BCUT2D eigenvalue weighted by Gasteiger charge is -2.07. The van der Waals surface area contributed by atoms with Crippen molar-refractivity contribution in [2.24, 2.45) is 0 Å². The lowest BCUT2D eigenvalue weighted by molar-refractivity contribution is -0.119. The summed E-state index contributed by atoms with van der Waals surface area (Å²) < 4.78 is 10.1. The average molecular weight is 398 g/mol. The number of esters is 1. The minimum atomic E-state index is -0.568.